The number of benzene rings is 1. The van der Waals surface area contributed by atoms with Crippen molar-refractivity contribution in [3.63, 3.8) is 0 Å². The van der Waals surface area contributed by atoms with Gasteiger partial charge in [0.2, 0.25) is 0 Å². The lowest BCUT2D eigenvalue weighted by molar-refractivity contribution is 0.235. The maximum Gasteiger partial charge on any atom is 0.123 e. The molecular weight excluding hydrogens is 347 g/mol. The highest BCUT2D eigenvalue weighted by Gasteiger charge is 2.21. The van der Waals surface area contributed by atoms with Gasteiger partial charge >= 0.3 is 0 Å². The molecule has 0 bridgehead atoms. The molecule has 3 aromatic rings. The van der Waals surface area contributed by atoms with Crippen LogP contribution in [0, 0.1) is 5.82 Å². The summed E-state index contributed by atoms with van der Waals surface area (Å²) in [6.45, 7) is 3.26. The number of thioether (sulfide) groups is 1. The number of pyridine rings is 1. The number of aryl methyl sites for hydroxylation is 1. The largest absolute Gasteiger partial charge is 0.332 e. The first kappa shape index (κ1) is 17.5. The first-order valence-electron chi connectivity index (χ1n) is 9.08. The number of aromatic nitrogens is 3. The predicted molar refractivity (Wildman–Crippen MR) is 104 cm³/mol. The van der Waals surface area contributed by atoms with E-state index in [1.807, 2.05) is 49.5 Å². The van der Waals surface area contributed by atoms with Crippen molar-refractivity contribution in [2.45, 2.75) is 29.5 Å². The van der Waals surface area contributed by atoms with Crippen LogP contribution in [-0.4, -0.2) is 44.3 Å². The lowest BCUT2D eigenvalue weighted by Gasteiger charge is -2.31. The van der Waals surface area contributed by atoms with Crippen LogP contribution in [0.25, 0.3) is 11.0 Å². The van der Waals surface area contributed by atoms with Crippen molar-refractivity contribution in [3.05, 3.63) is 54.2 Å². The first-order chi connectivity index (χ1) is 12.7. The van der Waals surface area contributed by atoms with Crippen LogP contribution in [0.4, 0.5) is 4.39 Å². The van der Waals surface area contributed by atoms with E-state index in [0.29, 0.717) is 5.25 Å². The highest BCUT2D eigenvalue weighted by molar-refractivity contribution is 8.00. The van der Waals surface area contributed by atoms with E-state index < -0.39 is 0 Å². The van der Waals surface area contributed by atoms with Crippen molar-refractivity contribution in [2.75, 3.05) is 19.6 Å². The van der Waals surface area contributed by atoms with Crippen molar-refractivity contribution in [1.29, 1.82) is 0 Å². The molecule has 0 saturated carbocycles. The fourth-order valence-corrected chi connectivity index (χ4v) is 4.74. The number of halogens is 1. The van der Waals surface area contributed by atoms with Gasteiger partial charge in [-0.1, -0.05) is 12.1 Å². The van der Waals surface area contributed by atoms with Gasteiger partial charge in [-0.2, -0.15) is 0 Å². The van der Waals surface area contributed by atoms with E-state index in [9.17, 15) is 4.39 Å². The van der Waals surface area contributed by atoms with Crippen LogP contribution in [0.1, 0.15) is 18.4 Å². The summed E-state index contributed by atoms with van der Waals surface area (Å²) in [6.07, 6.45) is 7.03. The molecule has 0 radical (unpaired) electrons. The molecule has 3 heterocycles. The fraction of sp³-hybridized carbons (Fsp3) is 0.400. The summed E-state index contributed by atoms with van der Waals surface area (Å²) in [5.74, 6) is -0.163. The van der Waals surface area contributed by atoms with Crippen LogP contribution in [0.5, 0.6) is 0 Å². The Hall–Kier alpha value is -1.92. The van der Waals surface area contributed by atoms with Gasteiger partial charge in [-0.25, -0.2) is 14.4 Å². The summed E-state index contributed by atoms with van der Waals surface area (Å²) in [4.78, 5) is 11.5. The highest BCUT2D eigenvalue weighted by Crippen LogP contribution is 2.33. The quantitative estimate of drug-likeness (QED) is 0.682. The fourth-order valence-electron chi connectivity index (χ4n) is 3.50. The van der Waals surface area contributed by atoms with Gasteiger partial charge in [-0.3, -0.25) is 0 Å². The number of hydrogen-bond donors (Lipinski definition) is 0. The van der Waals surface area contributed by atoms with Gasteiger partial charge < -0.3 is 9.47 Å². The summed E-state index contributed by atoms with van der Waals surface area (Å²) >= 11 is 1.89. The predicted octanol–water partition coefficient (Wildman–Crippen LogP) is 3.91. The van der Waals surface area contributed by atoms with E-state index in [4.69, 9.17) is 0 Å². The van der Waals surface area contributed by atoms with Gasteiger partial charge in [-0.05, 0) is 56.1 Å². The maximum atomic E-state index is 13.0. The minimum atomic E-state index is -0.163. The second kappa shape index (κ2) is 7.76. The molecule has 4 nitrogen and oxygen atoms in total. The van der Waals surface area contributed by atoms with Crippen LogP contribution in [0.15, 0.2) is 47.9 Å². The number of likely N-dealkylation sites (tertiary alicyclic amines) is 1. The molecule has 6 heteroatoms. The third kappa shape index (κ3) is 3.91. The number of rotatable bonds is 5. The average Bonchev–Trinajstić information content (AvgIpc) is 3.05. The molecule has 0 aliphatic carbocycles. The van der Waals surface area contributed by atoms with Crippen LogP contribution < -0.4 is 0 Å². The summed E-state index contributed by atoms with van der Waals surface area (Å²) in [6, 6.07) is 8.84. The Morgan fingerprint density at radius 1 is 1.12 bits per heavy atom. The molecule has 0 unspecified atom stereocenters. The molecular formula is C20H23FN4S. The van der Waals surface area contributed by atoms with Gasteiger partial charge in [0.1, 0.15) is 16.4 Å². The zero-order valence-electron chi connectivity index (χ0n) is 14.9. The summed E-state index contributed by atoms with van der Waals surface area (Å²) in [7, 11) is 2.03. The van der Waals surface area contributed by atoms with E-state index in [1.54, 1.807) is 12.1 Å². The second-order valence-corrected chi connectivity index (χ2v) is 8.16. The summed E-state index contributed by atoms with van der Waals surface area (Å²) in [5, 5.41) is 1.69. The molecule has 136 valence electrons. The SMILES string of the molecule is Cn1cnc2ccnc(SC3CCN(CCc4ccc(F)cc4)CC3)c21. The lowest BCUT2D eigenvalue weighted by atomic mass is 10.1. The summed E-state index contributed by atoms with van der Waals surface area (Å²) in [5.41, 5.74) is 3.35. The number of hydrogen-bond acceptors (Lipinski definition) is 4. The van der Waals surface area contributed by atoms with Gasteiger partial charge in [0.15, 0.2) is 0 Å². The molecule has 26 heavy (non-hydrogen) atoms. The van der Waals surface area contributed by atoms with Crippen LogP contribution in [0.3, 0.4) is 0 Å². The smallest absolute Gasteiger partial charge is 0.123 e. The summed E-state index contributed by atoms with van der Waals surface area (Å²) < 4.78 is 15.0. The Morgan fingerprint density at radius 3 is 2.65 bits per heavy atom. The molecule has 4 rings (SSSR count). The van der Waals surface area contributed by atoms with E-state index >= 15 is 0 Å². The first-order valence-corrected chi connectivity index (χ1v) is 9.96. The molecule has 1 saturated heterocycles. The normalized spacial score (nSPS) is 16.4. The van der Waals surface area contributed by atoms with Gasteiger partial charge in [-0.15, -0.1) is 11.8 Å². The van der Waals surface area contributed by atoms with Crippen LogP contribution >= 0.6 is 11.8 Å². The zero-order chi connectivity index (χ0) is 17.9. The Labute approximate surface area is 157 Å². The number of imidazole rings is 1. The van der Waals surface area contributed by atoms with Gasteiger partial charge in [0, 0.05) is 25.0 Å². The third-order valence-corrected chi connectivity index (χ3v) is 6.36. The van der Waals surface area contributed by atoms with Crippen molar-refractivity contribution in [3.8, 4) is 0 Å². The van der Waals surface area contributed by atoms with E-state index in [-0.39, 0.29) is 5.82 Å². The Bertz CT molecular complexity index is 869. The van der Waals surface area contributed by atoms with Crippen molar-refractivity contribution >= 4 is 22.8 Å². The highest BCUT2D eigenvalue weighted by atomic mass is 32.2. The van der Waals surface area contributed by atoms with E-state index in [0.717, 1.165) is 42.1 Å². The molecule has 0 N–H and O–H groups in total. The van der Waals surface area contributed by atoms with Crippen molar-refractivity contribution < 1.29 is 4.39 Å². The van der Waals surface area contributed by atoms with Gasteiger partial charge in [0.25, 0.3) is 0 Å². The number of piperidine rings is 1. The van der Waals surface area contributed by atoms with Crippen molar-refractivity contribution in [1.82, 2.24) is 19.4 Å². The van der Waals surface area contributed by atoms with Gasteiger partial charge in [0.05, 0.1) is 11.8 Å². The van der Waals surface area contributed by atoms with Crippen LogP contribution in [-0.2, 0) is 13.5 Å². The Morgan fingerprint density at radius 2 is 1.88 bits per heavy atom. The molecule has 0 spiro atoms. The molecule has 0 amide bonds. The van der Waals surface area contributed by atoms with Crippen LogP contribution in [0.2, 0.25) is 0 Å². The zero-order valence-corrected chi connectivity index (χ0v) is 15.8. The molecule has 2 aromatic heterocycles. The monoisotopic (exact) mass is 370 g/mol. The van der Waals surface area contributed by atoms with E-state index in [2.05, 4.69) is 19.4 Å². The molecule has 1 fully saturated rings. The standard InChI is InChI=1S/C20H23FN4S/c1-24-14-23-18-6-10-22-20(19(18)24)26-17-8-12-25(13-9-17)11-7-15-2-4-16(21)5-3-15/h2-6,10,14,17H,7-9,11-13H2,1H3. The van der Waals surface area contributed by atoms with Crippen molar-refractivity contribution in [2.24, 2.45) is 7.05 Å². The maximum absolute atomic E-state index is 13.0. The molecule has 1 aliphatic heterocycles. The minimum Gasteiger partial charge on any atom is -0.332 e. The third-order valence-electron chi connectivity index (χ3n) is 5.03. The Balaban J connectivity index is 1.31. The minimum absolute atomic E-state index is 0.163. The second-order valence-electron chi connectivity index (χ2n) is 6.87. The average molecular weight is 370 g/mol. The Kier molecular flexibility index (Phi) is 5.22. The van der Waals surface area contributed by atoms with E-state index in [1.165, 1.54) is 18.4 Å². The molecule has 1 aromatic carbocycles. The topological polar surface area (TPSA) is 34.0 Å². The number of nitrogens with zero attached hydrogens (tertiary/aromatic N) is 4. The number of fused-ring (bicyclic) bond motifs is 1. The lowest BCUT2D eigenvalue weighted by Crippen LogP contribution is -2.36. The molecule has 0 atom stereocenters. The molecule has 1 aliphatic rings.